The Bertz CT molecular complexity index is 659. The minimum Gasteiger partial charge on any atom is -0.350 e. The predicted molar refractivity (Wildman–Crippen MR) is 91.6 cm³/mol. The second-order valence-corrected chi connectivity index (χ2v) is 8.61. The standard InChI is InChI=1S/C18H26O5S/c1-4-5-10-18(15(3)19,13-17-22-11-12-23-17)24(20,21)16-8-6-14(2)7-9-16/h6-9,17H,4-5,10-13H2,1-3H3. The van der Waals surface area contributed by atoms with Gasteiger partial charge in [-0.3, -0.25) is 4.79 Å². The van der Waals surface area contributed by atoms with E-state index in [2.05, 4.69) is 0 Å². The molecule has 0 radical (unpaired) electrons. The minimum atomic E-state index is -3.85. The summed E-state index contributed by atoms with van der Waals surface area (Å²) in [4.78, 5) is 12.7. The molecular formula is C18H26O5S. The molecule has 0 saturated carbocycles. The van der Waals surface area contributed by atoms with Crippen molar-refractivity contribution in [3.63, 3.8) is 0 Å². The van der Waals surface area contributed by atoms with Crippen molar-refractivity contribution in [3.8, 4) is 0 Å². The van der Waals surface area contributed by atoms with Crippen LogP contribution >= 0.6 is 0 Å². The van der Waals surface area contributed by atoms with Crippen molar-refractivity contribution >= 4 is 15.6 Å². The molecule has 2 rings (SSSR count). The smallest absolute Gasteiger partial charge is 0.191 e. The van der Waals surface area contributed by atoms with Gasteiger partial charge in [-0.05, 0) is 32.4 Å². The van der Waals surface area contributed by atoms with Crippen molar-refractivity contribution in [2.45, 2.75) is 62.4 Å². The molecule has 1 atom stereocenters. The number of hydrogen-bond donors (Lipinski definition) is 0. The molecule has 1 unspecified atom stereocenters. The van der Waals surface area contributed by atoms with E-state index in [1.165, 1.54) is 6.92 Å². The summed E-state index contributed by atoms with van der Waals surface area (Å²) in [6.07, 6.45) is 1.13. The van der Waals surface area contributed by atoms with E-state index in [4.69, 9.17) is 9.47 Å². The second-order valence-electron chi connectivity index (χ2n) is 6.35. The van der Waals surface area contributed by atoms with Crippen LogP contribution in [0.15, 0.2) is 29.2 Å². The Morgan fingerprint density at radius 2 is 1.79 bits per heavy atom. The third-order valence-electron chi connectivity index (χ3n) is 4.61. The van der Waals surface area contributed by atoms with Crippen LogP contribution in [0.2, 0.25) is 0 Å². The Morgan fingerprint density at radius 3 is 2.29 bits per heavy atom. The molecule has 0 bridgehead atoms. The summed E-state index contributed by atoms with van der Waals surface area (Å²) in [6.45, 7) is 6.09. The number of hydrogen-bond acceptors (Lipinski definition) is 5. The maximum atomic E-state index is 13.4. The van der Waals surface area contributed by atoms with Crippen LogP contribution in [-0.2, 0) is 24.1 Å². The summed E-state index contributed by atoms with van der Waals surface area (Å²) < 4.78 is 36.1. The number of rotatable bonds is 8. The van der Waals surface area contributed by atoms with Gasteiger partial charge in [0.2, 0.25) is 0 Å². The fraction of sp³-hybridized carbons (Fsp3) is 0.611. The molecule has 1 aliphatic rings. The van der Waals surface area contributed by atoms with Crippen LogP contribution in [0.4, 0.5) is 0 Å². The van der Waals surface area contributed by atoms with Crippen LogP contribution in [-0.4, -0.2) is 38.5 Å². The highest BCUT2D eigenvalue weighted by Crippen LogP contribution is 2.37. The van der Waals surface area contributed by atoms with E-state index in [1.54, 1.807) is 24.3 Å². The maximum absolute atomic E-state index is 13.4. The number of sulfone groups is 1. The SMILES string of the molecule is CCCCC(CC1OCCO1)(C(C)=O)S(=O)(=O)c1ccc(C)cc1. The highest BCUT2D eigenvalue weighted by Gasteiger charge is 2.50. The highest BCUT2D eigenvalue weighted by molar-refractivity contribution is 7.93. The van der Waals surface area contributed by atoms with Crippen LogP contribution < -0.4 is 0 Å². The zero-order chi connectivity index (χ0) is 17.8. The molecule has 24 heavy (non-hydrogen) atoms. The van der Waals surface area contributed by atoms with E-state index < -0.39 is 20.9 Å². The van der Waals surface area contributed by atoms with E-state index in [0.717, 1.165) is 12.0 Å². The molecule has 5 nitrogen and oxygen atoms in total. The van der Waals surface area contributed by atoms with Gasteiger partial charge in [-0.2, -0.15) is 0 Å². The number of Topliss-reactive ketones (excluding diaryl/α,β-unsaturated/α-hetero) is 1. The van der Waals surface area contributed by atoms with Gasteiger partial charge in [0.05, 0.1) is 18.1 Å². The lowest BCUT2D eigenvalue weighted by Gasteiger charge is -2.32. The summed E-state index contributed by atoms with van der Waals surface area (Å²) in [5.74, 6) is -0.351. The van der Waals surface area contributed by atoms with Gasteiger partial charge in [-0.1, -0.05) is 37.5 Å². The fourth-order valence-electron chi connectivity index (χ4n) is 3.05. The number of aryl methyl sites for hydroxylation is 1. The zero-order valence-corrected chi connectivity index (χ0v) is 15.4. The Morgan fingerprint density at radius 1 is 1.21 bits per heavy atom. The number of unbranched alkanes of at least 4 members (excludes halogenated alkanes) is 1. The molecule has 1 aliphatic heterocycles. The van der Waals surface area contributed by atoms with Crippen LogP contribution in [0.25, 0.3) is 0 Å². The molecule has 1 saturated heterocycles. The molecular weight excluding hydrogens is 328 g/mol. The van der Waals surface area contributed by atoms with Gasteiger partial charge in [0.1, 0.15) is 4.75 Å². The lowest BCUT2D eigenvalue weighted by atomic mass is 9.93. The van der Waals surface area contributed by atoms with Crippen molar-refractivity contribution in [2.24, 2.45) is 0 Å². The Kier molecular flexibility index (Phi) is 6.17. The Hall–Kier alpha value is -1.24. The van der Waals surface area contributed by atoms with Crippen molar-refractivity contribution in [3.05, 3.63) is 29.8 Å². The fourth-order valence-corrected chi connectivity index (χ4v) is 5.15. The van der Waals surface area contributed by atoms with Gasteiger partial charge >= 0.3 is 0 Å². The van der Waals surface area contributed by atoms with Gasteiger partial charge in [-0.15, -0.1) is 0 Å². The first-order chi connectivity index (χ1) is 11.3. The zero-order valence-electron chi connectivity index (χ0n) is 14.6. The third-order valence-corrected chi connectivity index (χ3v) is 7.19. The van der Waals surface area contributed by atoms with Crippen molar-refractivity contribution in [1.29, 1.82) is 0 Å². The second kappa shape index (κ2) is 7.76. The van der Waals surface area contributed by atoms with E-state index in [-0.39, 0.29) is 23.5 Å². The molecule has 1 heterocycles. The van der Waals surface area contributed by atoms with Gasteiger partial charge < -0.3 is 9.47 Å². The summed E-state index contributed by atoms with van der Waals surface area (Å²) in [5, 5.41) is 0. The normalized spacial score (nSPS) is 18.5. The Balaban J connectivity index is 2.48. The molecule has 0 aromatic heterocycles. The first-order valence-corrected chi connectivity index (χ1v) is 9.87. The summed E-state index contributed by atoms with van der Waals surface area (Å²) in [5.41, 5.74) is 0.971. The van der Waals surface area contributed by atoms with E-state index >= 15 is 0 Å². The number of benzene rings is 1. The van der Waals surface area contributed by atoms with E-state index in [9.17, 15) is 13.2 Å². The maximum Gasteiger partial charge on any atom is 0.191 e. The van der Waals surface area contributed by atoms with E-state index in [1.807, 2.05) is 13.8 Å². The molecule has 6 heteroatoms. The van der Waals surface area contributed by atoms with Crippen molar-refractivity contribution in [2.75, 3.05) is 13.2 Å². The molecule has 134 valence electrons. The van der Waals surface area contributed by atoms with Crippen molar-refractivity contribution < 1.29 is 22.7 Å². The molecule has 1 aromatic carbocycles. The van der Waals surface area contributed by atoms with Gasteiger partial charge in [0, 0.05) is 6.42 Å². The van der Waals surface area contributed by atoms with E-state index in [0.29, 0.717) is 19.6 Å². The van der Waals surface area contributed by atoms with Crippen LogP contribution in [0, 0.1) is 6.92 Å². The number of ether oxygens (including phenoxy) is 2. The molecule has 0 amide bonds. The average Bonchev–Trinajstić information content (AvgIpc) is 3.04. The Labute approximate surface area is 144 Å². The first kappa shape index (κ1) is 19.1. The monoisotopic (exact) mass is 354 g/mol. The topological polar surface area (TPSA) is 69.7 Å². The van der Waals surface area contributed by atoms with Gasteiger partial charge in [0.25, 0.3) is 0 Å². The summed E-state index contributed by atoms with van der Waals surface area (Å²) in [7, 11) is -3.85. The molecule has 0 spiro atoms. The van der Waals surface area contributed by atoms with Crippen LogP contribution in [0.3, 0.4) is 0 Å². The quantitative estimate of drug-likeness (QED) is 0.718. The molecule has 0 aliphatic carbocycles. The van der Waals surface area contributed by atoms with Crippen LogP contribution in [0.5, 0.6) is 0 Å². The summed E-state index contributed by atoms with van der Waals surface area (Å²) >= 11 is 0. The number of carbonyl (C=O) groups is 1. The van der Waals surface area contributed by atoms with Crippen molar-refractivity contribution in [1.82, 2.24) is 0 Å². The lowest BCUT2D eigenvalue weighted by Crippen LogP contribution is -2.48. The van der Waals surface area contributed by atoms with Gasteiger partial charge in [-0.25, -0.2) is 8.42 Å². The number of carbonyl (C=O) groups excluding carboxylic acids is 1. The lowest BCUT2D eigenvalue weighted by molar-refractivity contribution is -0.123. The van der Waals surface area contributed by atoms with Gasteiger partial charge in [0.15, 0.2) is 21.9 Å². The molecule has 0 N–H and O–H groups in total. The predicted octanol–water partition coefficient (Wildman–Crippen LogP) is 3.05. The molecule has 1 aromatic rings. The third kappa shape index (κ3) is 3.71. The van der Waals surface area contributed by atoms with Crippen LogP contribution in [0.1, 0.15) is 45.1 Å². The molecule has 1 fully saturated rings. The average molecular weight is 354 g/mol. The largest absolute Gasteiger partial charge is 0.350 e. The minimum absolute atomic E-state index is 0.0402. The highest BCUT2D eigenvalue weighted by atomic mass is 32.2. The summed E-state index contributed by atoms with van der Waals surface area (Å²) in [6, 6.07) is 6.65. The first-order valence-electron chi connectivity index (χ1n) is 8.39. The number of ketones is 1.